The Morgan fingerprint density at radius 2 is 2.10 bits per heavy atom. The number of carbonyl (C=O) groups excluding carboxylic acids is 1. The molecule has 148 valence electrons. The Hall–Kier alpha value is -3.53. The van der Waals surface area contributed by atoms with E-state index in [0.29, 0.717) is 17.1 Å². The van der Waals surface area contributed by atoms with Gasteiger partial charge in [-0.3, -0.25) is 0 Å². The number of allylic oxidation sites excluding steroid dienone is 1. The number of para-hydroxylation sites is 2. The summed E-state index contributed by atoms with van der Waals surface area (Å²) >= 11 is 0. The summed E-state index contributed by atoms with van der Waals surface area (Å²) in [6, 6.07) is 11.6. The van der Waals surface area contributed by atoms with Gasteiger partial charge in [0, 0.05) is 17.4 Å². The van der Waals surface area contributed by atoms with E-state index in [1.54, 1.807) is 6.07 Å². The molecule has 0 bridgehead atoms. The van der Waals surface area contributed by atoms with Gasteiger partial charge in [-0.15, -0.1) is 0 Å². The van der Waals surface area contributed by atoms with Crippen LogP contribution in [0.15, 0.2) is 36.1 Å². The van der Waals surface area contributed by atoms with Crippen molar-refractivity contribution in [1.82, 2.24) is 14.5 Å². The van der Waals surface area contributed by atoms with E-state index in [9.17, 15) is 15.2 Å². The Morgan fingerprint density at radius 1 is 1.38 bits per heavy atom. The number of ether oxygens (including phenoxy) is 1. The van der Waals surface area contributed by atoms with Gasteiger partial charge >= 0.3 is 5.97 Å². The minimum Gasteiger partial charge on any atom is -0.507 e. The molecular weight excluding hydrogens is 368 g/mol. The number of nitrogens with one attached hydrogen (secondary N) is 1. The lowest BCUT2D eigenvalue weighted by molar-refractivity contribution is 0.0333. The van der Waals surface area contributed by atoms with Crippen molar-refractivity contribution in [2.24, 2.45) is 0 Å². The van der Waals surface area contributed by atoms with Crippen LogP contribution >= 0.6 is 0 Å². The van der Waals surface area contributed by atoms with Crippen molar-refractivity contribution in [2.45, 2.75) is 45.8 Å². The van der Waals surface area contributed by atoms with Gasteiger partial charge in [-0.05, 0) is 51.8 Å². The molecule has 0 saturated heterocycles. The van der Waals surface area contributed by atoms with E-state index in [0.717, 1.165) is 29.7 Å². The molecule has 2 N–H and O–H groups in total. The predicted octanol–water partition coefficient (Wildman–Crippen LogP) is 4.35. The number of aliphatic hydroxyl groups excluding tert-OH is 1. The molecule has 7 heteroatoms. The molecule has 2 aromatic heterocycles. The molecule has 1 aromatic carbocycles. The summed E-state index contributed by atoms with van der Waals surface area (Å²) in [5.74, 6) is -0.622. The highest BCUT2D eigenvalue weighted by Gasteiger charge is 2.30. The largest absolute Gasteiger partial charge is 0.507 e. The Kier molecular flexibility index (Phi) is 4.63. The van der Waals surface area contributed by atoms with E-state index in [1.807, 2.05) is 44.2 Å². The fourth-order valence-corrected chi connectivity index (χ4v) is 3.66. The molecule has 29 heavy (non-hydrogen) atoms. The SMILES string of the molecule is Cc1cc(C(=O)O[C@@H](C)/C(O)=C(\C#N)c2nc3ccccc3[nH]2)c(C)n1C1CC1. The lowest BCUT2D eigenvalue weighted by Gasteiger charge is -2.14. The number of hydrogen-bond acceptors (Lipinski definition) is 5. The quantitative estimate of drug-likeness (QED) is 0.383. The van der Waals surface area contributed by atoms with E-state index in [2.05, 4.69) is 14.5 Å². The molecule has 0 spiro atoms. The number of esters is 1. The molecule has 3 aromatic rings. The Bertz CT molecular complexity index is 1140. The highest BCUT2D eigenvalue weighted by atomic mass is 16.6. The molecule has 0 aliphatic heterocycles. The van der Waals surface area contributed by atoms with Crippen LogP contribution in [0.25, 0.3) is 16.6 Å². The number of aliphatic hydroxyl groups is 1. The van der Waals surface area contributed by atoms with Gasteiger partial charge in [0.2, 0.25) is 0 Å². The smallest absolute Gasteiger partial charge is 0.340 e. The number of hydrogen-bond donors (Lipinski definition) is 2. The van der Waals surface area contributed by atoms with Crippen molar-refractivity contribution < 1.29 is 14.6 Å². The van der Waals surface area contributed by atoms with Crippen LogP contribution in [-0.2, 0) is 4.74 Å². The van der Waals surface area contributed by atoms with Crippen molar-refractivity contribution in [3.05, 3.63) is 58.9 Å². The fraction of sp³-hybridized carbons (Fsp3) is 0.318. The number of H-pyrrole nitrogens is 1. The third-order valence-corrected chi connectivity index (χ3v) is 5.28. The second-order valence-electron chi connectivity index (χ2n) is 7.41. The lowest BCUT2D eigenvalue weighted by atomic mass is 10.1. The number of nitrogens with zero attached hydrogens (tertiary/aromatic N) is 3. The second kappa shape index (κ2) is 7.13. The van der Waals surface area contributed by atoms with Gasteiger partial charge in [0.05, 0.1) is 16.6 Å². The molecular formula is C22H22N4O3. The number of nitriles is 1. The van der Waals surface area contributed by atoms with Crippen LogP contribution in [0.2, 0.25) is 0 Å². The van der Waals surface area contributed by atoms with Gasteiger partial charge in [0.1, 0.15) is 11.6 Å². The molecule has 1 atom stereocenters. The summed E-state index contributed by atoms with van der Waals surface area (Å²) in [5, 5.41) is 20.1. The average molecular weight is 390 g/mol. The molecule has 2 heterocycles. The number of aryl methyl sites for hydroxylation is 1. The highest BCUT2D eigenvalue weighted by Crippen LogP contribution is 2.38. The van der Waals surface area contributed by atoms with Crippen molar-refractivity contribution >= 4 is 22.6 Å². The summed E-state index contributed by atoms with van der Waals surface area (Å²) < 4.78 is 7.63. The van der Waals surface area contributed by atoms with Crippen LogP contribution in [0.5, 0.6) is 0 Å². The topological polar surface area (TPSA) is 104 Å². The lowest BCUT2D eigenvalue weighted by Crippen LogP contribution is -2.19. The molecule has 0 unspecified atom stereocenters. The van der Waals surface area contributed by atoms with Crippen LogP contribution < -0.4 is 0 Å². The summed E-state index contributed by atoms with van der Waals surface area (Å²) in [6.45, 7) is 5.41. The summed E-state index contributed by atoms with van der Waals surface area (Å²) in [4.78, 5) is 20.1. The number of fused-ring (bicyclic) bond motifs is 1. The van der Waals surface area contributed by atoms with Gasteiger partial charge in [0.25, 0.3) is 0 Å². The number of aromatic amines is 1. The molecule has 0 amide bonds. The van der Waals surface area contributed by atoms with Crippen molar-refractivity contribution in [1.29, 1.82) is 5.26 Å². The maximum Gasteiger partial charge on any atom is 0.340 e. The average Bonchev–Trinajstić information content (AvgIpc) is 3.35. The molecule has 1 aliphatic rings. The van der Waals surface area contributed by atoms with Crippen LogP contribution in [0.3, 0.4) is 0 Å². The zero-order chi connectivity index (χ0) is 20.7. The Morgan fingerprint density at radius 3 is 2.76 bits per heavy atom. The standard InChI is InChI=1S/C22H22N4O3/c1-12-10-16(13(2)26(12)15-8-9-15)22(28)29-14(3)20(27)17(11-23)21-24-18-6-4-5-7-19(18)25-21/h4-7,10,14-15,27H,8-9H2,1-3H3,(H,24,25)/b20-17-/t14-/m0/s1. The summed E-state index contributed by atoms with van der Waals surface area (Å²) in [5.41, 5.74) is 3.74. The summed E-state index contributed by atoms with van der Waals surface area (Å²) in [6.07, 6.45) is 1.25. The second-order valence-corrected chi connectivity index (χ2v) is 7.41. The first kappa shape index (κ1) is 18.8. The first-order valence-electron chi connectivity index (χ1n) is 9.58. The third kappa shape index (κ3) is 3.38. The van der Waals surface area contributed by atoms with Crippen molar-refractivity contribution in [2.75, 3.05) is 0 Å². The molecule has 0 radical (unpaired) electrons. The Labute approximate surface area is 168 Å². The van der Waals surface area contributed by atoms with Gasteiger partial charge in [-0.1, -0.05) is 12.1 Å². The molecule has 1 saturated carbocycles. The number of benzene rings is 1. The number of carbonyl (C=O) groups is 1. The summed E-state index contributed by atoms with van der Waals surface area (Å²) in [7, 11) is 0. The fourth-order valence-electron chi connectivity index (χ4n) is 3.66. The Balaban J connectivity index is 1.59. The third-order valence-electron chi connectivity index (χ3n) is 5.28. The van der Waals surface area contributed by atoms with Crippen LogP contribution in [0, 0.1) is 25.2 Å². The highest BCUT2D eigenvalue weighted by molar-refractivity contribution is 5.91. The van der Waals surface area contributed by atoms with Crippen molar-refractivity contribution in [3.8, 4) is 6.07 Å². The maximum atomic E-state index is 12.7. The van der Waals surface area contributed by atoms with E-state index in [-0.39, 0.29) is 17.2 Å². The predicted molar refractivity (Wildman–Crippen MR) is 108 cm³/mol. The van der Waals surface area contributed by atoms with Crippen LogP contribution in [0.1, 0.15) is 53.4 Å². The van der Waals surface area contributed by atoms with Gasteiger partial charge < -0.3 is 19.4 Å². The minimum absolute atomic E-state index is 0.0510. The first-order chi connectivity index (χ1) is 13.9. The number of aromatic nitrogens is 3. The van der Waals surface area contributed by atoms with E-state index < -0.39 is 12.1 Å². The molecule has 4 rings (SSSR count). The van der Waals surface area contributed by atoms with Gasteiger partial charge in [-0.25, -0.2) is 9.78 Å². The van der Waals surface area contributed by atoms with Crippen molar-refractivity contribution in [3.63, 3.8) is 0 Å². The zero-order valence-corrected chi connectivity index (χ0v) is 16.6. The van der Waals surface area contributed by atoms with Crippen LogP contribution in [0.4, 0.5) is 0 Å². The number of rotatable bonds is 5. The first-order valence-corrected chi connectivity index (χ1v) is 9.58. The van der Waals surface area contributed by atoms with Crippen LogP contribution in [-0.4, -0.2) is 31.7 Å². The zero-order valence-electron chi connectivity index (χ0n) is 16.6. The molecule has 7 nitrogen and oxygen atoms in total. The molecule has 1 fully saturated rings. The maximum absolute atomic E-state index is 12.7. The van der Waals surface area contributed by atoms with E-state index >= 15 is 0 Å². The number of imidazole rings is 1. The monoisotopic (exact) mass is 390 g/mol. The molecule has 1 aliphatic carbocycles. The minimum atomic E-state index is -0.991. The normalized spacial score (nSPS) is 15.7. The van der Waals surface area contributed by atoms with E-state index in [1.165, 1.54) is 6.92 Å². The van der Waals surface area contributed by atoms with Gasteiger partial charge in [-0.2, -0.15) is 5.26 Å². The van der Waals surface area contributed by atoms with Gasteiger partial charge in [0.15, 0.2) is 17.7 Å². The van der Waals surface area contributed by atoms with E-state index in [4.69, 9.17) is 4.74 Å².